The summed E-state index contributed by atoms with van der Waals surface area (Å²) in [6.45, 7) is 4.55. The Kier molecular flexibility index (Phi) is 8.82. The molecule has 1 heterocycles. The van der Waals surface area contributed by atoms with E-state index in [9.17, 15) is 8.42 Å². The highest BCUT2D eigenvalue weighted by atomic mass is 32.2. The van der Waals surface area contributed by atoms with Gasteiger partial charge in [-0.15, -0.1) is 11.3 Å². The van der Waals surface area contributed by atoms with Crippen molar-refractivity contribution in [2.45, 2.75) is 69.2 Å². The molecule has 2 aromatic carbocycles. The predicted molar refractivity (Wildman–Crippen MR) is 148 cm³/mol. The van der Waals surface area contributed by atoms with Crippen molar-refractivity contribution in [3.8, 4) is 10.4 Å². The lowest BCUT2D eigenvalue weighted by atomic mass is 9.85. The number of hydrogen-bond donors (Lipinski definition) is 3. The maximum absolute atomic E-state index is 13.2. The van der Waals surface area contributed by atoms with E-state index in [1.54, 1.807) is 13.0 Å². The maximum atomic E-state index is 13.2. The molecule has 0 bridgehead atoms. The zero-order valence-corrected chi connectivity index (χ0v) is 22.5. The molecule has 0 aliphatic heterocycles. The van der Waals surface area contributed by atoms with Crippen LogP contribution < -0.4 is 10.0 Å². The van der Waals surface area contributed by atoms with Gasteiger partial charge in [0.1, 0.15) is 4.21 Å². The Balaban J connectivity index is 1.44. The summed E-state index contributed by atoms with van der Waals surface area (Å²) in [5.74, 6) is 0.795. The summed E-state index contributed by atoms with van der Waals surface area (Å²) in [6, 6.07) is 18.9. The molecular formula is C28H35N3O3S2. The van der Waals surface area contributed by atoms with Gasteiger partial charge in [-0.2, -0.15) is 0 Å². The van der Waals surface area contributed by atoms with Crippen molar-refractivity contribution in [2.75, 3.05) is 4.72 Å². The first-order valence-corrected chi connectivity index (χ1v) is 14.9. The van der Waals surface area contributed by atoms with Crippen LogP contribution in [0.1, 0.15) is 63.5 Å². The van der Waals surface area contributed by atoms with E-state index in [-0.39, 0.29) is 4.21 Å². The van der Waals surface area contributed by atoms with E-state index in [1.807, 2.05) is 54.6 Å². The molecule has 36 heavy (non-hydrogen) atoms. The van der Waals surface area contributed by atoms with E-state index in [2.05, 4.69) is 22.1 Å². The number of hydrogen-bond acceptors (Lipinski definition) is 6. The highest BCUT2D eigenvalue weighted by molar-refractivity contribution is 7.94. The van der Waals surface area contributed by atoms with Gasteiger partial charge in [0.2, 0.25) is 0 Å². The van der Waals surface area contributed by atoms with Crippen LogP contribution in [0, 0.1) is 5.92 Å². The first kappa shape index (κ1) is 26.4. The molecule has 8 heteroatoms. The summed E-state index contributed by atoms with van der Waals surface area (Å²) in [5.41, 5.74) is 3.69. The minimum atomic E-state index is -3.74. The molecule has 3 N–H and O–H groups in total. The number of nitrogens with one attached hydrogen (secondary N) is 2. The number of thiophene rings is 1. The van der Waals surface area contributed by atoms with Crippen LogP contribution in [-0.4, -0.2) is 25.4 Å². The first-order valence-electron chi connectivity index (χ1n) is 12.6. The number of anilines is 1. The van der Waals surface area contributed by atoms with Crippen LogP contribution in [0.3, 0.4) is 0 Å². The molecule has 0 saturated heterocycles. The third-order valence-electron chi connectivity index (χ3n) is 6.88. The Hall–Kier alpha value is -2.68. The largest absolute Gasteiger partial charge is 0.411 e. The van der Waals surface area contributed by atoms with Gasteiger partial charge in [-0.25, -0.2) is 8.42 Å². The van der Waals surface area contributed by atoms with Crippen LogP contribution in [0.15, 0.2) is 70.0 Å². The van der Waals surface area contributed by atoms with Crippen molar-refractivity contribution < 1.29 is 13.6 Å². The van der Waals surface area contributed by atoms with Gasteiger partial charge < -0.3 is 10.5 Å². The molecule has 192 valence electrons. The molecule has 1 aromatic heterocycles. The second-order valence-corrected chi connectivity index (χ2v) is 12.7. The molecule has 1 aliphatic carbocycles. The van der Waals surface area contributed by atoms with Gasteiger partial charge in [0.25, 0.3) is 10.0 Å². The Bertz CT molecular complexity index is 1290. The van der Waals surface area contributed by atoms with Crippen LogP contribution in [0.4, 0.5) is 5.69 Å². The predicted octanol–water partition coefficient (Wildman–Crippen LogP) is 6.86. The minimum absolute atomic E-state index is 0.254. The molecule has 1 aliphatic rings. The molecule has 0 spiro atoms. The molecule has 0 amide bonds. The number of nitrogens with zero attached hydrogens (tertiary/aromatic N) is 1. The van der Waals surface area contributed by atoms with Crippen molar-refractivity contribution in [3.05, 3.63) is 71.8 Å². The number of rotatable bonds is 10. The van der Waals surface area contributed by atoms with Gasteiger partial charge in [0.05, 0.1) is 11.4 Å². The average Bonchev–Trinajstić information content (AvgIpc) is 3.40. The van der Waals surface area contributed by atoms with Crippen LogP contribution in [-0.2, 0) is 16.6 Å². The fourth-order valence-electron chi connectivity index (χ4n) is 4.83. The van der Waals surface area contributed by atoms with Crippen LogP contribution in [0.2, 0.25) is 0 Å². The zero-order chi connectivity index (χ0) is 25.5. The average molecular weight is 526 g/mol. The van der Waals surface area contributed by atoms with Crippen LogP contribution in [0.25, 0.3) is 10.4 Å². The van der Waals surface area contributed by atoms with Crippen LogP contribution >= 0.6 is 11.3 Å². The van der Waals surface area contributed by atoms with E-state index in [0.29, 0.717) is 24.0 Å². The minimum Gasteiger partial charge on any atom is -0.411 e. The van der Waals surface area contributed by atoms with Crippen molar-refractivity contribution in [1.82, 2.24) is 5.32 Å². The van der Waals surface area contributed by atoms with Gasteiger partial charge in [-0.05, 0) is 67.1 Å². The molecule has 1 atom stereocenters. The third kappa shape index (κ3) is 6.75. The highest BCUT2D eigenvalue weighted by Gasteiger charge is 2.20. The summed E-state index contributed by atoms with van der Waals surface area (Å²) < 4.78 is 29.6. The Labute approximate surface area is 218 Å². The van der Waals surface area contributed by atoms with Crippen molar-refractivity contribution >= 4 is 32.8 Å². The fraction of sp³-hybridized carbons (Fsp3) is 0.393. The quantitative estimate of drug-likeness (QED) is 0.153. The van der Waals surface area contributed by atoms with Crippen molar-refractivity contribution in [2.24, 2.45) is 11.1 Å². The van der Waals surface area contributed by atoms with E-state index in [0.717, 1.165) is 33.9 Å². The standard InChI is InChI=1S/C28H35N3O3S2/c1-20(17-22-9-4-3-5-10-22)29-19-25-11-6-7-14-26(25)31-36(33,34)28-16-15-27(35-28)24-13-8-12-23(18-24)21(2)30-32/h6-8,11-16,18,20,22,29,31-32H,3-5,9-10,17,19H2,1-2H3/b30-21+/t20-/m0/s1. The van der Waals surface area contributed by atoms with E-state index < -0.39 is 10.0 Å². The zero-order valence-electron chi connectivity index (χ0n) is 20.9. The highest BCUT2D eigenvalue weighted by Crippen LogP contribution is 2.33. The summed E-state index contributed by atoms with van der Waals surface area (Å²) in [5, 5.41) is 15.9. The van der Waals surface area contributed by atoms with Gasteiger partial charge in [-0.1, -0.05) is 73.7 Å². The summed E-state index contributed by atoms with van der Waals surface area (Å²) in [6.07, 6.45) is 7.86. The maximum Gasteiger partial charge on any atom is 0.271 e. The summed E-state index contributed by atoms with van der Waals surface area (Å²) >= 11 is 1.22. The molecule has 4 rings (SSSR count). The molecule has 6 nitrogen and oxygen atoms in total. The Morgan fingerprint density at radius 1 is 1.08 bits per heavy atom. The van der Waals surface area contributed by atoms with Gasteiger partial charge >= 0.3 is 0 Å². The number of oxime groups is 1. The van der Waals surface area contributed by atoms with Gasteiger partial charge in [-0.3, -0.25) is 4.72 Å². The van der Waals surface area contributed by atoms with Crippen molar-refractivity contribution in [3.63, 3.8) is 0 Å². The van der Waals surface area contributed by atoms with Crippen LogP contribution in [0.5, 0.6) is 0 Å². The second-order valence-electron chi connectivity index (χ2n) is 9.67. The third-order valence-corrected chi connectivity index (χ3v) is 9.87. The molecular weight excluding hydrogens is 490 g/mol. The summed E-state index contributed by atoms with van der Waals surface area (Å²) in [7, 11) is -3.74. The van der Waals surface area contributed by atoms with E-state index >= 15 is 0 Å². The Morgan fingerprint density at radius 3 is 2.64 bits per heavy atom. The first-order chi connectivity index (χ1) is 17.4. The number of benzene rings is 2. The molecule has 1 saturated carbocycles. The Morgan fingerprint density at radius 2 is 1.86 bits per heavy atom. The van der Waals surface area contributed by atoms with Gasteiger partial charge in [0.15, 0.2) is 0 Å². The molecule has 1 fully saturated rings. The summed E-state index contributed by atoms with van der Waals surface area (Å²) in [4.78, 5) is 0.828. The van der Waals surface area contributed by atoms with Crippen molar-refractivity contribution in [1.29, 1.82) is 0 Å². The topological polar surface area (TPSA) is 90.8 Å². The lowest BCUT2D eigenvalue weighted by Crippen LogP contribution is -2.29. The van der Waals surface area contributed by atoms with E-state index in [1.165, 1.54) is 43.4 Å². The monoisotopic (exact) mass is 525 g/mol. The lowest BCUT2D eigenvalue weighted by Gasteiger charge is -2.25. The lowest BCUT2D eigenvalue weighted by molar-refractivity contribution is 0.305. The fourth-order valence-corrected chi connectivity index (χ4v) is 7.24. The molecule has 3 aromatic rings. The van der Waals surface area contributed by atoms with Gasteiger partial charge in [0, 0.05) is 17.5 Å². The molecule has 0 unspecified atom stereocenters. The number of para-hydroxylation sites is 1. The molecule has 0 radical (unpaired) electrons. The SMILES string of the molecule is C/C(=N\O)c1cccc(-c2ccc(S(=O)(=O)Nc3ccccc3CN[C@@H](C)CC3CCCCC3)s2)c1. The van der Waals surface area contributed by atoms with E-state index in [4.69, 9.17) is 5.21 Å². The smallest absolute Gasteiger partial charge is 0.271 e. The number of sulfonamides is 1. The second kappa shape index (κ2) is 12.0. The normalized spacial score (nSPS) is 16.1.